The van der Waals surface area contributed by atoms with E-state index in [0.29, 0.717) is 5.57 Å². The van der Waals surface area contributed by atoms with Crippen molar-refractivity contribution in [3.8, 4) is 0 Å². The summed E-state index contributed by atoms with van der Waals surface area (Å²) in [5.41, 5.74) is 3.93. The molecule has 1 aromatic rings. The summed E-state index contributed by atoms with van der Waals surface area (Å²) in [6.07, 6.45) is 1.97. The van der Waals surface area contributed by atoms with Gasteiger partial charge in [-0.25, -0.2) is 4.79 Å². The maximum Gasteiger partial charge on any atom is 0.338 e. The van der Waals surface area contributed by atoms with Crippen LogP contribution in [0.1, 0.15) is 30.9 Å². The maximum atomic E-state index is 11.7. The van der Waals surface area contributed by atoms with Gasteiger partial charge < -0.3 is 15.4 Å². The summed E-state index contributed by atoms with van der Waals surface area (Å²) in [6.45, 7) is 7.00. The summed E-state index contributed by atoms with van der Waals surface area (Å²) < 4.78 is 4.83. The van der Waals surface area contributed by atoms with Gasteiger partial charge in [0.1, 0.15) is 0 Å². The Morgan fingerprint density at radius 2 is 2.15 bits per heavy atom. The van der Waals surface area contributed by atoms with E-state index < -0.39 is 0 Å². The van der Waals surface area contributed by atoms with Crippen molar-refractivity contribution in [1.29, 1.82) is 0 Å². The molecule has 2 N–H and O–H groups in total. The molecule has 0 radical (unpaired) electrons. The molecule has 108 valence electrons. The Morgan fingerprint density at radius 3 is 2.85 bits per heavy atom. The fourth-order valence-corrected chi connectivity index (χ4v) is 2.48. The number of hydrogen-bond acceptors (Lipinski definition) is 4. The van der Waals surface area contributed by atoms with Crippen molar-refractivity contribution in [2.45, 2.75) is 19.8 Å². The molecule has 0 spiro atoms. The monoisotopic (exact) mass is 274 g/mol. The number of anilines is 1. The minimum Gasteiger partial charge on any atom is -0.465 e. The van der Waals surface area contributed by atoms with Crippen LogP contribution in [0.4, 0.5) is 5.69 Å². The van der Waals surface area contributed by atoms with Gasteiger partial charge in [-0.05, 0) is 29.8 Å². The molecule has 1 atom stereocenters. The zero-order valence-electron chi connectivity index (χ0n) is 12.3. The molecule has 4 nitrogen and oxygen atoms in total. The predicted octanol–water partition coefficient (Wildman–Crippen LogP) is 2.38. The van der Waals surface area contributed by atoms with Crippen LogP contribution in [0.5, 0.6) is 0 Å². The smallest absolute Gasteiger partial charge is 0.338 e. The van der Waals surface area contributed by atoms with Crippen molar-refractivity contribution >= 4 is 17.2 Å². The second-order valence-corrected chi connectivity index (χ2v) is 4.94. The quantitative estimate of drug-likeness (QED) is 0.618. The van der Waals surface area contributed by atoms with E-state index in [1.54, 1.807) is 0 Å². The Kier molecular flexibility index (Phi) is 4.79. The Bertz CT molecular complexity index is 523. The lowest BCUT2D eigenvalue weighted by atomic mass is 10.0. The van der Waals surface area contributed by atoms with Crippen molar-refractivity contribution in [1.82, 2.24) is 5.32 Å². The van der Waals surface area contributed by atoms with Crippen LogP contribution in [0.25, 0.3) is 5.57 Å². The molecule has 0 saturated heterocycles. The van der Waals surface area contributed by atoms with E-state index in [4.69, 9.17) is 4.74 Å². The van der Waals surface area contributed by atoms with Crippen LogP contribution in [0, 0.1) is 0 Å². The standard InChI is InChI=1S/C16H22N2O2/c1-4-17-7-8-18-12-5-6-13-14(10-12)11(2)9-15(13)16(19)20-3/h5-6,9-11,17-18H,4,7-8H2,1-3H3. The summed E-state index contributed by atoms with van der Waals surface area (Å²) in [7, 11) is 1.42. The minimum absolute atomic E-state index is 0.245. The largest absolute Gasteiger partial charge is 0.465 e. The summed E-state index contributed by atoms with van der Waals surface area (Å²) >= 11 is 0. The number of ether oxygens (including phenoxy) is 1. The molecule has 1 aliphatic rings. The van der Waals surface area contributed by atoms with Crippen molar-refractivity contribution in [3.63, 3.8) is 0 Å². The average Bonchev–Trinajstić information content (AvgIpc) is 2.80. The third kappa shape index (κ3) is 3.02. The molecule has 0 fully saturated rings. The number of allylic oxidation sites excluding steroid dienone is 1. The van der Waals surface area contributed by atoms with Gasteiger partial charge in [-0.1, -0.05) is 26.0 Å². The van der Waals surface area contributed by atoms with E-state index >= 15 is 0 Å². The van der Waals surface area contributed by atoms with E-state index in [1.807, 2.05) is 18.2 Å². The number of benzene rings is 1. The lowest BCUT2D eigenvalue weighted by Crippen LogP contribution is -2.21. The molecule has 1 aromatic carbocycles. The first kappa shape index (κ1) is 14.6. The molecule has 0 heterocycles. The van der Waals surface area contributed by atoms with E-state index in [1.165, 1.54) is 12.7 Å². The van der Waals surface area contributed by atoms with Gasteiger partial charge in [0.15, 0.2) is 0 Å². The van der Waals surface area contributed by atoms with Crippen molar-refractivity contribution < 1.29 is 9.53 Å². The zero-order valence-corrected chi connectivity index (χ0v) is 12.3. The fourth-order valence-electron chi connectivity index (χ4n) is 2.48. The lowest BCUT2D eigenvalue weighted by molar-refractivity contribution is -0.133. The predicted molar refractivity (Wildman–Crippen MR) is 81.9 cm³/mol. The molecule has 0 bridgehead atoms. The summed E-state index contributed by atoms with van der Waals surface area (Å²) in [5.74, 6) is -0.0157. The number of nitrogens with one attached hydrogen (secondary N) is 2. The van der Waals surface area contributed by atoms with Gasteiger partial charge in [0.2, 0.25) is 0 Å². The molecule has 2 rings (SSSR count). The molecule has 20 heavy (non-hydrogen) atoms. The lowest BCUT2D eigenvalue weighted by Gasteiger charge is -2.11. The van der Waals surface area contributed by atoms with Gasteiger partial charge in [0, 0.05) is 24.7 Å². The molecular formula is C16H22N2O2. The van der Waals surface area contributed by atoms with Crippen LogP contribution in [-0.4, -0.2) is 32.7 Å². The van der Waals surface area contributed by atoms with Crippen LogP contribution in [0.3, 0.4) is 0 Å². The number of carbonyl (C=O) groups excluding carboxylic acids is 1. The minimum atomic E-state index is -0.261. The molecule has 0 saturated carbocycles. The molecule has 0 amide bonds. The first-order valence-corrected chi connectivity index (χ1v) is 7.06. The highest BCUT2D eigenvalue weighted by Gasteiger charge is 2.25. The van der Waals surface area contributed by atoms with E-state index in [2.05, 4.69) is 30.5 Å². The third-order valence-corrected chi connectivity index (χ3v) is 3.54. The van der Waals surface area contributed by atoms with Gasteiger partial charge in [0.25, 0.3) is 0 Å². The van der Waals surface area contributed by atoms with Gasteiger partial charge in [-0.3, -0.25) is 0 Å². The van der Waals surface area contributed by atoms with Crippen molar-refractivity contribution in [3.05, 3.63) is 35.4 Å². The van der Waals surface area contributed by atoms with Gasteiger partial charge >= 0.3 is 5.97 Å². The van der Waals surface area contributed by atoms with E-state index in [-0.39, 0.29) is 11.9 Å². The van der Waals surface area contributed by atoms with Crippen molar-refractivity contribution in [2.24, 2.45) is 0 Å². The Balaban J connectivity index is 2.10. The molecular weight excluding hydrogens is 252 g/mol. The molecule has 1 aliphatic carbocycles. The highest BCUT2D eigenvalue weighted by Crippen LogP contribution is 2.37. The second-order valence-electron chi connectivity index (χ2n) is 4.94. The first-order chi connectivity index (χ1) is 9.67. The van der Waals surface area contributed by atoms with Crippen LogP contribution in [-0.2, 0) is 9.53 Å². The fraction of sp³-hybridized carbons (Fsp3) is 0.438. The summed E-state index contributed by atoms with van der Waals surface area (Å²) in [4.78, 5) is 11.7. The van der Waals surface area contributed by atoms with Crippen LogP contribution < -0.4 is 10.6 Å². The maximum absolute atomic E-state index is 11.7. The van der Waals surface area contributed by atoms with E-state index in [0.717, 1.165) is 30.9 Å². The number of carbonyl (C=O) groups is 1. The Hall–Kier alpha value is -1.81. The van der Waals surface area contributed by atoms with Gasteiger partial charge in [-0.15, -0.1) is 0 Å². The normalized spacial score (nSPS) is 16.6. The van der Waals surface area contributed by atoms with Crippen LogP contribution in [0.15, 0.2) is 24.3 Å². The zero-order chi connectivity index (χ0) is 14.5. The third-order valence-electron chi connectivity index (χ3n) is 3.54. The topological polar surface area (TPSA) is 50.4 Å². The van der Waals surface area contributed by atoms with Crippen LogP contribution >= 0.6 is 0 Å². The number of rotatable bonds is 6. The van der Waals surface area contributed by atoms with Crippen molar-refractivity contribution in [2.75, 3.05) is 32.1 Å². The number of esters is 1. The second kappa shape index (κ2) is 6.57. The van der Waals surface area contributed by atoms with Crippen LogP contribution in [0.2, 0.25) is 0 Å². The number of likely N-dealkylation sites (N-methyl/N-ethyl adjacent to an activating group) is 1. The average molecular weight is 274 g/mol. The SMILES string of the molecule is CCNCCNc1ccc2c(c1)C(C)C=C2C(=O)OC. The van der Waals surface area contributed by atoms with Gasteiger partial charge in [-0.2, -0.15) is 0 Å². The number of fused-ring (bicyclic) bond motifs is 1. The molecule has 1 unspecified atom stereocenters. The summed E-state index contributed by atoms with van der Waals surface area (Å²) in [6, 6.07) is 6.13. The molecule has 0 aromatic heterocycles. The van der Waals surface area contributed by atoms with Gasteiger partial charge in [0.05, 0.1) is 12.7 Å². The Morgan fingerprint density at radius 1 is 1.35 bits per heavy atom. The Labute approximate surface area is 120 Å². The number of hydrogen-bond donors (Lipinski definition) is 2. The first-order valence-electron chi connectivity index (χ1n) is 7.06. The highest BCUT2D eigenvalue weighted by atomic mass is 16.5. The molecule has 0 aliphatic heterocycles. The summed E-state index contributed by atoms with van der Waals surface area (Å²) in [5, 5.41) is 6.66. The molecule has 4 heteroatoms. The van der Waals surface area contributed by atoms with E-state index in [9.17, 15) is 4.79 Å². The highest BCUT2D eigenvalue weighted by molar-refractivity contribution is 6.18. The number of methoxy groups -OCH3 is 1.